The van der Waals surface area contributed by atoms with Crippen LogP contribution >= 0.6 is 11.3 Å². The van der Waals surface area contributed by atoms with Crippen LogP contribution in [0.15, 0.2) is 18.5 Å². The molecule has 0 fully saturated rings. The number of hydrogen-bond acceptors (Lipinski definition) is 4. The van der Waals surface area contributed by atoms with Crippen LogP contribution in [-0.4, -0.2) is 21.3 Å². The molecule has 2 aromatic heterocycles. The molecular formula is C11H16N4S. The van der Waals surface area contributed by atoms with Crippen LogP contribution in [0.25, 0.3) is 0 Å². The van der Waals surface area contributed by atoms with Gasteiger partial charge < -0.3 is 5.32 Å². The average Bonchev–Trinajstić information content (AvgIpc) is 2.85. The van der Waals surface area contributed by atoms with Crippen molar-refractivity contribution in [2.75, 3.05) is 6.54 Å². The van der Waals surface area contributed by atoms with Gasteiger partial charge in [0.15, 0.2) is 0 Å². The van der Waals surface area contributed by atoms with Gasteiger partial charge >= 0.3 is 0 Å². The van der Waals surface area contributed by atoms with Crippen LogP contribution < -0.4 is 5.32 Å². The molecule has 0 amide bonds. The van der Waals surface area contributed by atoms with E-state index >= 15 is 0 Å². The molecule has 4 nitrogen and oxygen atoms in total. The molecule has 2 rings (SSSR count). The fourth-order valence-corrected chi connectivity index (χ4v) is 2.34. The summed E-state index contributed by atoms with van der Waals surface area (Å²) in [6.45, 7) is 6.83. The number of rotatable bonds is 5. The molecule has 0 aromatic carbocycles. The number of nitrogens with one attached hydrogen (secondary N) is 1. The summed E-state index contributed by atoms with van der Waals surface area (Å²) >= 11 is 1.77. The van der Waals surface area contributed by atoms with Gasteiger partial charge in [-0.15, -0.1) is 11.3 Å². The van der Waals surface area contributed by atoms with Crippen LogP contribution in [0.2, 0.25) is 0 Å². The van der Waals surface area contributed by atoms with Gasteiger partial charge in [0.05, 0.1) is 12.2 Å². The van der Waals surface area contributed by atoms with E-state index in [1.165, 1.54) is 4.88 Å². The van der Waals surface area contributed by atoms with Gasteiger partial charge in [0.1, 0.15) is 5.01 Å². The lowest BCUT2D eigenvalue weighted by atomic mass is 10.4. The largest absolute Gasteiger partial charge is 0.309 e. The first-order valence-electron chi connectivity index (χ1n) is 5.37. The highest BCUT2D eigenvalue weighted by molar-refractivity contribution is 7.11. The Morgan fingerprint density at radius 3 is 2.94 bits per heavy atom. The highest BCUT2D eigenvalue weighted by Gasteiger charge is 2.02. The molecule has 0 saturated heterocycles. The Labute approximate surface area is 99.3 Å². The van der Waals surface area contributed by atoms with E-state index in [4.69, 9.17) is 0 Å². The van der Waals surface area contributed by atoms with Gasteiger partial charge in [-0.2, -0.15) is 5.10 Å². The van der Waals surface area contributed by atoms with Crippen molar-refractivity contribution in [3.63, 3.8) is 0 Å². The lowest BCUT2D eigenvalue weighted by Crippen LogP contribution is -2.19. The molecule has 0 aliphatic heterocycles. The molecule has 0 saturated carbocycles. The van der Waals surface area contributed by atoms with Crippen LogP contribution in [-0.2, 0) is 13.1 Å². The Kier molecular flexibility index (Phi) is 3.69. The van der Waals surface area contributed by atoms with Gasteiger partial charge in [-0.1, -0.05) is 0 Å². The quantitative estimate of drug-likeness (QED) is 0.804. The summed E-state index contributed by atoms with van der Waals surface area (Å²) in [5, 5.41) is 8.67. The van der Waals surface area contributed by atoms with Crippen molar-refractivity contribution in [2.45, 2.75) is 26.9 Å². The van der Waals surface area contributed by atoms with E-state index in [1.807, 2.05) is 16.9 Å². The highest BCUT2D eigenvalue weighted by atomic mass is 32.1. The zero-order valence-electron chi connectivity index (χ0n) is 9.60. The molecule has 0 radical (unpaired) electrons. The summed E-state index contributed by atoms with van der Waals surface area (Å²) in [6, 6.07) is 1.94. The predicted molar refractivity (Wildman–Crippen MR) is 65.5 cm³/mol. The molecule has 2 heterocycles. The molecule has 0 aliphatic rings. The third-order valence-electron chi connectivity index (χ3n) is 2.43. The van der Waals surface area contributed by atoms with Crippen molar-refractivity contribution in [3.8, 4) is 0 Å². The maximum atomic E-state index is 4.48. The molecule has 5 heteroatoms. The molecule has 0 spiro atoms. The summed E-state index contributed by atoms with van der Waals surface area (Å²) in [5.74, 6) is 0. The van der Waals surface area contributed by atoms with Crippen molar-refractivity contribution in [3.05, 3.63) is 34.0 Å². The van der Waals surface area contributed by atoms with E-state index in [-0.39, 0.29) is 0 Å². The van der Waals surface area contributed by atoms with Crippen molar-refractivity contribution >= 4 is 11.3 Å². The van der Waals surface area contributed by atoms with Gasteiger partial charge in [0.25, 0.3) is 0 Å². The Morgan fingerprint density at radius 1 is 1.44 bits per heavy atom. The molecule has 0 bridgehead atoms. The first-order valence-corrected chi connectivity index (χ1v) is 6.18. The maximum Gasteiger partial charge on any atom is 0.107 e. The van der Waals surface area contributed by atoms with E-state index in [2.05, 4.69) is 29.2 Å². The number of thiazole rings is 1. The second-order valence-electron chi connectivity index (χ2n) is 3.70. The van der Waals surface area contributed by atoms with Crippen molar-refractivity contribution in [1.29, 1.82) is 0 Å². The molecule has 2 aromatic rings. The van der Waals surface area contributed by atoms with E-state index < -0.39 is 0 Å². The molecule has 86 valence electrons. The van der Waals surface area contributed by atoms with Crippen molar-refractivity contribution in [1.82, 2.24) is 20.1 Å². The standard InChI is InChI=1S/C11H16N4S/c1-9-10(2)16-11(14-9)8-12-5-7-15-6-3-4-13-15/h3-4,6,12H,5,7-8H2,1-2H3. The number of nitrogens with zero attached hydrogens (tertiary/aromatic N) is 3. The average molecular weight is 236 g/mol. The molecule has 0 atom stereocenters. The van der Waals surface area contributed by atoms with Gasteiger partial charge in [-0.3, -0.25) is 4.68 Å². The molecule has 1 N–H and O–H groups in total. The van der Waals surface area contributed by atoms with Gasteiger partial charge in [-0.05, 0) is 19.9 Å². The molecular weight excluding hydrogens is 220 g/mol. The summed E-state index contributed by atoms with van der Waals surface area (Å²) < 4.78 is 1.92. The van der Waals surface area contributed by atoms with Gasteiger partial charge in [0, 0.05) is 30.4 Å². The van der Waals surface area contributed by atoms with Crippen LogP contribution in [0, 0.1) is 13.8 Å². The second kappa shape index (κ2) is 5.23. The Hall–Kier alpha value is -1.20. The normalized spacial score (nSPS) is 10.9. The van der Waals surface area contributed by atoms with Gasteiger partial charge in [-0.25, -0.2) is 4.98 Å². The van der Waals surface area contributed by atoms with Crippen LogP contribution in [0.1, 0.15) is 15.6 Å². The second-order valence-corrected chi connectivity index (χ2v) is 4.98. The van der Waals surface area contributed by atoms with Crippen LogP contribution in [0.4, 0.5) is 0 Å². The molecule has 16 heavy (non-hydrogen) atoms. The minimum absolute atomic E-state index is 0.848. The summed E-state index contributed by atoms with van der Waals surface area (Å²) in [6.07, 6.45) is 3.77. The lowest BCUT2D eigenvalue weighted by Gasteiger charge is -2.02. The zero-order valence-corrected chi connectivity index (χ0v) is 10.4. The Morgan fingerprint density at radius 2 is 2.31 bits per heavy atom. The van der Waals surface area contributed by atoms with Crippen molar-refractivity contribution in [2.24, 2.45) is 0 Å². The zero-order chi connectivity index (χ0) is 11.4. The first-order chi connectivity index (χ1) is 7.75. The lowest BCUT2D eigenvalue weighted by molar-refractivity contribution is 0.554. The maximum absolute atomic E-state index is 4.48. The number of hydrogen-bond donors (Lipinski definition) is 1. The van der Waals surface area contributed by atoms with Crippen LogP contribution in [0.3, 0.4) is 0 Å². The predicted octanol–water partition coefficient (Wildman–Crippen LogP) is 1.75. The van der Waals surface area contributed by atoms with E-state index in [0.29, 0.717) is 0 Å². The van der Waals surface area contributed by atoms with Gasteiger partial charge in [0.2, 0.25) is 0 Å². The SMILES string of the molecule is Cc1nc(CNCCn2cccn2)sc1C. The Bertz CT molecular complexity index is 413. The summed E-state index contributed by atoms with van der Waals surface area (Å²) in [5.41, 5.74) is 1.15. The summed E-state index contributed by atoms with van der Waals surface area (Å²) in [7, 11) is 0. The number of aryl methyl sites for hydroxylation is 2. The summed E-state index contributed by atoms with van der Waals surface area (Å²) in [4.78, 5) is 5.79. The number of aromatic nitrogens is 3. The van der Waals surface area contributed by atoms with Crippen molar-refractivity contribution < 1.29 is 0 Å². The van der Waals surface area contributed by atoms with E-state index in [9.17, 15) is 0 Å². The topological polar surface area (TPSA) is 42.7 Å². The smallest absolute Gasteiger partial charge is 0.107 e. The first kappa shape index (κ1) is 11.3. The fraction of sp³-hybridized carbons (Fsp3) is 0.455. The fourth-order valence-electron chi connectivity index (χ4n) is 1.44. The molecule has 0 unspecified atom stereocenters. The van der Waals surface area contributed by atoms with E-state index in [0.717, 1.165) is 30.3 Å². The monoisotopic (exact) mass is 236 g/mol. The van der Waals surface area contributed by atoms with E-state index in [1.54, 1.807) is 17.5 Å². The highest BCUT2D eigenvalue weighted by Crippen LogP contribution is 2.15. The third kappa shape index (κ3) is 2.90. The Balaban J connectivity index is 1.72. The minimum atomic E-state index is 0.848. The van der Waals surface area contributed by atoms with Crippen LogP contribution in [0.5, 0.6) is 0 Å². The molecule has 0 aliphatic carbocycles. The third-order valence-corrected chi connectivity index (χ3v) is 3.50. The minimum Gasteiger partial charge on any atom is -0.309 e.